The number of thioether (sulfide) groups is 1. The summed E-state index contributed by atoms with van der Waals surface area (Å²) in [6, 6.07) is 20.8. The Morgan fingerprint density at radius 3 is 2.48 bits per heavy atom. The summed E-state index contributed by atoms with van der Waals surface area (Å²) in [6.45, 7) is 0. The van der Waals surface area contributed by atoms with E-state index in [1.807, 2.05) is 65.2 Å². The number of nitrogens with zero attached hydrogens (tertiary/aromatic N) is 4. The van der Waals surface area contributed by atoms with Crippen molar-refractivity contribution in [2.24, 2.45) is 0 Å². The number of rotatable bonds is 5. The van der Waals surface area contributed by atoms with Gasteiger partial charge in [-0.25, -0.2) is 0 Å². The van der Waals surface area contributed by atoms with E-state index in [1.54, 1.807) is 18.0 Å². The Hall–Kier alpha value is -3.01. The number of halogens is 1. The number of benzene rings is 2. The Morgan fingerprint density at radius 1 is 1.04 bits per heavy atom. The molecule has 0 aliphatic carbocycles. The molecule has 4 rings (SSSR count). The minimum Gasteiger partial charge on any atom is -0.461 e. The molecular weight excluding hydrogens is 380 g/mol. The molecule has 0 amide bonds. The fraction of sp³-hybridized carbons (Fsp3) is 0.0500. The Kier molecular flexibility index (Phi) is 4.97. The third kappa shape index (κ3) is 3.75. The van der Waals surface area contributed by atoms with E-state index in [-0.39, 0.29) is 0 Å². The molecule has 0 fully saturated rings. The summed E-state index contributed by atoms with van der Waals surface area (Å²) in [7, 11) is 0. The van der Waals surface area contributed by atoms with Gasteiger partial charge in [0.05, 0.1) is 17.9 Å². The maximum atomic E-state index is 8.92. The summed E-state index contributed by atoms with van der Waals surface area (Å²) in [5.41, 5.74) is 2.65. The van der Waals surface area contributed by atoms with Gasteiger partial charge in [0.2, 0.25) is 5.82 Å². The summed E-state index contributed by atoms with van der Waals surface area (Å²) in [4.78, 5) is 0. The zero-order chi connectivity index (χ0) is 18.6. The zero-order valence-electron chi connectivity index (χ0n) is 14.0. The second kappa shape index (κ2) is 7.70. The van der Waals surface area contributed by atoms with E-state index in [4.69, 9.17) is 21.3 Å². The molecule has 132 valence electrons. The summed E-state index contributed by atoms with van der Waals surface area (Å²) in [6.07, 6.45) is 1.61. The van der Waals surface area contributed by atoms with Crippen LogP contribution in [0.15, 0.2) is 76.5 Å². The van der Waals surface area contributed by atoms with Gasteiger partial charge in [-0.2, -0.15) is 5.26 Å². The lowest BCUT2D eigenvalue weighted by molar-refractivity contribution is 0.575. The first-order chi connectivity index (χ1) is 13.2. The minimum absolute atomic E-state index is 0.629. The molecule has 0 spiro atoms. The van der Waals surface area contributed by atoms with Gasteiger partial charge in [-0.1, -0.05) is 35.5 Å². The molecule has 5 nitrogen and oxygen atoms in total. The SMILES string of the molecule is N#Cc1ccc(CSc2nnc(-c3ccco3)n2-c2ccc(Cl)cc2)cc1. The van der Waals surface area contributed by atoms with E-state index < -0.39 is 0 Å². The van der Waals surface area contributed by atoms with E-state index in [9.17, 15) is 0 Å². The Bertz CT molecular complexity index is 1080. The summed E-state index contributed by atoms with van der Waals surface area (Å²) < 4.78 is 7.47. The molecule has 0 saturated carbocycles. The summed E-state index contributed by atoms with van der Waals surface area (Å²) in [5, 5.41) is 19.0. The Balaban J connectivity index is 1.67. The zero-order valence-corrected chi connectivity index (χ0v) is 15.6. The highest BCUT2D eigenvalue weighted by atomic mass is 35.5. The first-order valence-electron chi connectivity index (χ1n) is 8.11. The molecule has 2 aromatic heterocycles. The number of furan rings is 1. The van der Waals surface area contributed by atoms with Crippen molar-refractivity contribution in [2.45, 2.75) is 10.9 Å². The second-order valence-electron chi connectivity index (χ2n) is 5.69. The molecule has 7 heteroatoms. The normalized spacial score (nSPS) is 10.7. The van der Waals surface area contributed by atoms with E-state index >= 15 is 0 Å². The lowest BCUT2D eigenvalue weighted by Crippen LogP contribution is -1.99. The number of aromatic nitrogens is 3. The van der Waals surface area contributed by atoms with Crippen molar-refractivity contribution in [3.8, 4) is 23.3 Å². The van der Waals surface area contributed by atoms with Crippen LogP contribution in [0.5, 0.6) is 0 Å². The van der Waals surface area contributed by atoms with Crippen LogP contribution in [-0.4, -0.2) is 14.8 Å². The fourth-order valence-electron chi connectivity index (χ4n) is 2.58. The molecule has 2 aromatic carbocycles. The molecule has 0 bridgehead atoms. The molecule has 2 heterocycles. The molecule has 0 aliphatic rings. The molecule has 0 aliphatic heterocycles. The average molecular weight is 393 g/mol. The lowest BCUT2D eigenvalue weighted by Gasteiger charge is -2.09. The van der Waals surface area contributed by atoms with Gasteiger partial charge >= 0.3 is 0 Å². The number of hydrogen-bond acceptors (Lipinski definition) is 5. The summed E-state index contributed by atoms with van der Waals surface area (Å²) >= 11 is 7.59. The molecule has 27 heavy (non-hydrogen) atoms. The van der Waals surface area contributed by atoms with Crippen molar-refractivity contribution in [1.82, 2.24) is 14.8 Å². The predicted octanol–water partition coefficient (Wildman–Crippen LogP) is 5.34. The van der Waals surface area contributed by atoms with Crippen LogP contribution in [0.3, 0.4) is 0 Å². The van der Waals surface area contributed by atoms with Crippen LogP contribution in [0, 0.1) is 11.3 Å². The van der Waals surface area contributed by atoms with Crippen LogP contribution in [0.2, 0.25) is 5.02 Å². The van der Waals surface area contributed by atoms with Crippen molar-refractivity contribution in [3.05, 3.63) is 83.1 Å². The molecule has 0 radical (unpaired) electrons. The van der Waals surface area contributed by atoms with E-state index in [2.05, 4.69) is 16.3 Å². The van der Waals surface area contributed by atoms with E-state index in [1.165, 1.54) is 0 Å². The largest absolute Gasteiger partial charge is 0.461 e. The van der Waals surface area contributed by atoms with Gasteiger partial charge in [-0.3, -0.25) is 4.57 Å². The predicted molar refractivity (Wildman–Crippen MR) is 105 cm³/mol. The van der Waals surface area contributed by atoms with Gasteiger partial charge in [-0.15, -0.1) is 10.2 Å². The van der Waals surface area contributed by atoms with Crippen molar-refractivity contribution < 1.29 is 4.42 Å². The lowest BCUT2D eigenvalue weighted by atomic mass is 10.2. The molecule has 0 saturated heterocycles. The summed E-state index contributed by atoms with van der Waals surface area (Å²) in [5.74, 6) is 1.97. The van der Waals surface area contributed by atoms with Gasteiger partial charge in [-0.05, 0) is 54.1 Å². The van der Waals surface area contributed by atoms with Gasteiger partial charge in [0.25, 0.3) is 0 Å². The van der Waals surface area contributed by atoms with Crippen molar-refractivity contribution in [1.29, 1.82) is 5.26 Å². The smallest absolute Gasteiger partial charge is 0.205 e. The van der Waals surface area contributed by atoms with Crippen molar-refractivity contribution >= 4 is 23.4 Å². The highest BCUT2D eigenvalue weighted by molar-refractivity contribution is 7.98. The highest BCUT2D eigenvalue weighted by Gasteiger charge is 2.18. The number of nitriles is 1. The fourth-order valence-corrected chi connectivity index (χ4v) is 3.61. The highest BCUT2D eigenvalue weighted by Crippen LogP contribution is 2.30. The number of hydrogen-bond donors (Lipinski definition) is 0. The standard InChI is InChI=1S/C20H13ClN4OS/c21-16-7-9-17(10-8-16)25-19(18-2-1-11-26-18)23-24-20(25)27-13-15-5-3-14(12-22)4-6-15/h1-11H,13H2. The maximum absolute atomic E-state index is 8.92. The average Bonchev–Trinajstić information content (AvgIpc) is 3.37. The molecule has 0 N–H and O–H groups in total. The first kappa shape index (κ1) is 17.4. The van der Waals surface area contributed by atoms with Crippen LogP contribution in [0.1, 0.15) is 11.1 Å². The third-order valence-electron chi connectivity index (χ3n) is 3.91. The van der Waals surface area contributed by atoms with E-state index in [0.717, 1.165) is 16.4 Å². The van der Waals surface area contributed by atoms with Crippen LogP contribution in [0.4, 0.5) is 0 Å². The maximum Gasteiger partial charge on any atom is 0.205 e. The molecule has 0 atom stereocenters. The van der Waals surface area contributed by atoms with Gasteiger partial charge in [0, 0.05) is 16.5 Å². The topological polar surface area (TPSA) is 67.6 Å². The molecular formula is C20H13ClN4OS. The van der Waals surface area contributed by atoms with Crippen molar-refractivity contribution in [3.63, 3.8) is 0 Å². The molecule has 0 unspecified atom stereocenters. The quantitative estimate of drug-likeness (QED) is 0.428. The Morgan fingerprint density at radius 2 is 1.81 bits per heavy atom. The third-order valence-corrected chi connectivity index (χ3v) is 5.16. The van der Waals surface area contributed by atoms with Crippen LogP contribution in [0.25, 0.3) is 17.3 Å². The van der Waals surface area contributed by atoms with Gasteiger partial charge < -0.3 is 4.42 Å². The minimum atomic E-state index is 0.629. The van der Waals surface area contributed by atoms with Crippen LogP contribution in [-0.2, 0) is 5.75 Å². The molecule has 4 aromatic rings. The van der Waals surface area contributed by atoms with Crippen LogP contribution >= 0.6 is 23.4 Å². The second-order valence-corrected chi connectivity index (χ2v) is 7.07. The van der Waals surface area contributed by atoms with Gasteiger partial charge in [0.15, 0.2) is 10.9 Å². The van der Waals surface area contributed by atoms with E-state index in [0.29, 0.717) is 27.9 Å². The Labute approximate surface area is 165 Å². The monoisotopic (exact) mass is 392 g/mol. The van der Waals surface area contributed by atoms with Crippen LogP contribution < -0.4 is 0 Å². The first-order valence-corrected chi connectivity index (χ1v) is 9.48. The van der Waals surface area contributed by atoms with Gasteiger partial charge in [0.1, 0.15) is 0 Å². The van der Waals surface area contributed by atoms with Crippen molar-refractivity contribution in [2.75, 3.05) is 0 Å².